The highest BCUT2D eigenvalue weighted by Gasteiger charge is 2.10. The predicted octanol–water partition coefficient (Wildman–Crippen LogP) is 3.61. The number of para-hydroxylation sites is 1. The second kappa shape index (κ2) is 7.93. The van der Waals surface area contributed by atoms with E-state index < -0.39 is 4.92 Å². The number of nitro groups is 1. The molecule has 26 heavy (non-hydrogen) atoms. The highest BCUT2D eigenvalue weighted by molar-refractivity contribution is 5.90. The number of hydrogen-bond donors (Lipinski definition) is 1. The van der Waals surface area contributed by atoms with Crippen LogP contribution in [0.5, 0.6) is 11.5 Å². The fraction of sp³-hybridized carbons (Fsp3) is 0.111. The van der Waals surface area contributed by atoms with E-state index in [1.54, 1.807) is 24.3 Å². The Balaban J connectivity index is 1.55. The number of carbonyl (C=O) groups excluding carboxylic acids is 1. The third kappa shape index (κ3) is 4.67. The van der Waals surface area contributed by atoms with Crippen molar-refractivity contribution in [3.63, 3.8) is 0 Å². The molecular formula is C18H16N4O4. The summed E-state index contributed by atoms with van der Waals surface area (Å²) in [5.74, 6) is 1.09. The van der Waals surface area contributed by atoms with Crippen LogP contribution < -0.4 is 10.1 Å². The van der Waals surface area contributed by atoms with Gasteiger partial charge in [0.15, 0.2) is 0 Å². The topological polar surface area (TPSA) is 99.3 Å². The molecule has 0 aliphatic rings. The Labute approximate surface area is 149 Å². The molecule has 0 aliphatic heterocycles. The van der Waals surface area contributed by atoms with Gasteiger partial charge in [-0.15, -0.1) is 0 Å². The number of hydrogen-bond acceptors (Lipinski definition) is 5. The maximum absolute atomic E-state index is 12.1. The smallest absolute Gasteiger partial charge is 0.306 e. The SMILES string of the molecule is O=C(CCn1cc([N+](=O)[O-])cn1)Nc1cccc(Oc2ccccc2)c1. The largest absolute Gasteiger partial charge is 0.457 e. The normalized spacial score (nSPS) is 10.3. The van der Waals surface area contributed by atoms with E-state index in [1.165, 1.54) is 10.9 Å². The van der Waals surface area contributed by atoms with Crippen LogP contribution in [0.4, 0.5) is 11.4 Å². The van der Waals surface area contributed by atoms with Crippen LogP contribution in [0.2, 0.25) is 0 Å². The molecule has 1 heterocycles. The number of aromatic nitrogens is 2. The van der Waals surface area contributed by atoms with Crippen molar-refractivity contribution in [1.29, 1.82) is 0 Å². The fourth-order valence-corrected chi connectivity index (χ4v) is 2.27. The maximum atomic E-state index is 12.1. The summed E-state index contributed by atoms with van der Waals surface area (Å²) >= 11 is 0. The Kier molecular flexibility index (Phi) is 5.23. The van der Waals surface area contributed by atoms with Crippen molar-refractivity contribution in [3.8, 4) is 11.5 Å². The first kappa shape index (κ1) is 17.2. The third-order valence-corrected chi connectivity index (χ3v) is 3.50. The number of nitrogens with one attached hydrogen (secondary N) is 1. The summed E-state index contributed by atoms with van der Waals surface area (Å²) in [5, 5.41) is 17.2. The van der Waals surface area contributed by atoms with E-state index in [0.29, 0.717) is 17.2 Å². The average Bonchev–Trinajstić information content (AvgIpc) is 3.11. The lowest BCUT2D eigenvalue weighted by atomic mass is 10.3. The van der Waals surface area contributed by atoms with Crippen molar-refractivity contribution < 1.29 is 14.5 Å². The Hall–Kier alpha value is -3.68. The Morgan fingerprint density at radius 1 is 1.15 bits per heavy atom. The standard InChI is InChI=1S/C18H16N4O4/c23-18(9-10-21-13-15(12-19-21)22(24)25)20-14-5-4-8-17(11-14)26-16-6-2-1-3-7-16/h1-8,11-13H,9-10H2,(H,20,23). The number of rotatable bonds is 7. The molecule has 0 fully saturated rings. The summed E-state index contributed by atoms with van der Waals surface area (Å²) in [5.41, 5.74) is 0.506. The summed E-state index contributed by atoms with van der Waals surface area (Å²) in [6, 6.07) is 16.4. The number of benzene rings is 2. The molecule has 0 bridgehead atoms. The van der Waals surface area contributed by atoms with Crippen LogP contribution in [0.15, 0.2) is 67.0 Å². The van der Waals surface area contributed by atoms with Crippen LogP contribution in [0.1, 0.15) is 6.42 Å². The van der Waals surface area contributed by atoms with E-state index >= 15 is 0 Å². The van der Waals surface area contributed by atoms with E-state index in [-0.39, 0.29) is 24.6 Å². The lowest BCUT2D eigenvalue weighted by Crippen LogP contribution is -2.14. The molecule has 0 aliphatic carbocycles. The Morgan fingerprint density at radius 2 is 1.92 bits per heavy atom. The minimum Gasteiger partial charge on any atom is -0.457 e. The first-order valence-corrected chi connectivity index (χ1v) is 7.90. The van der Waals surface area contributed by atoms with Gasteiger partial charge in [0, 0.05) is 24.7 Å². The summed E-state index contributed by atoms with van der Waals surface area (Å²) in [4.78, 5) is 22.2. The van der Waals surface area contributed by atoms with Gasteiger partial charge in [-0.3, -0.25) is 19.6 Å². The number of anilines is 1. The molecule has 0 saturated heterocycles. The lowest BCUT2D eigenvalue weighted by Gasteiger charge is -2.09. The van der Waals surface area contributed by atoms with Crippen LogP contribution >= 0.6 is 0 Å². The highest BCUT2D eigenvalue weighted by atomic mass is 16.6. The number of carbonyl (C=O) groups is 1. The van der Waals surface area contributed by atoms with E-state index in [9.17, 15) is 14.9 Å². The fourth-order valence-electron chi connectivity index (χ4n) is 2.27. The van der Waals surface area contributed by atoms with Gasteiger partial charge in [-0.05, 0) is 24.3 Å². The molecule has 0 radical (unpaired) electrons. The molecule has 1 amide bonds. The molecule has 8 heteroatoms. The van der Waals surface area contributed by atoms with E-state index in [4.69, 9.17) is 4.74 Å². The second-order valence-corrected chi connectivity index (χ2v) is 5.46. The number of amides is 1. The molecule has 3 aromatic rings. The monoisotopic (exact) mass is 352 g/mol. The molecule has 3 rings (SSSR count). The molecule has 2 aromatic carbocycles. The van der Waals surface area contributed by atoms with Crippen molar-refractivity contribution in [2.24, 2.45) is 0 Å². The average molecular weight is 352 g/mol. The van der Waals surface area contributed by atoms with Crippen molar-refractivity contribution in [2.75, 3.05) is 5.32 Å². The van der Waals surface area contributed by atoms with Gasteiger partial charge < -0.3 is 10.1 Å². The van der Waals surface area contributed by atoms with Crippen LogP contribution in [0, 0.1) is 10.1 Å². The lowest BCUT2D eigenvalue weighted by molar-refractivity contribution is -0.385. The third-order valence-electron chi connectivity index (χ3n) is 3.50. The van der Waals surface area contributed by atoms with Crippen LogP contribution in [0.3, 0.4) is 0 Å². The summed E-state index contributed by atoms with van der Waals surface area (Å²) in [6.45, 7) is 0.250. The van der Waals surface area contributed by atoms with Gasteiger partial charge in [-0.2, -0.15) is 5.10 Å². The van der Waals surface area contributed by atoms with E-state index in [2.05, 4.69) is 10.4 Å². The molecule has 0 spiro atoms. The molecule has 8 nitrogen and oxygen atoms in total. The van der Waals surface area contributed by atoms with E-state index in [0.717, 1.165) is 6.20 Å². The summed E-state index contributed by atoms with van der Waals surface area (Å²) < 4.78 is 7.09. The van der Waals surface area contributed by atoms with Gasteiger partial charge in [0.25, 0.3) is 0 Å². The molecule has 0 unspecified atom stereocenters. The molecule has 132 valence electrons. The van der Waals surface area contributed by atoms with Crippen molar-refractivity contribution in [2.45, 2.75) is 13.0 Å². The number of aryl methyl sites for hydroxylation is 1. The zero-order valence-electron chi connectivity index (χ0n) is 13.7. The first-order valence-electron chi connectivity index (χ1n) is 7.90. The molecule has 0 atom stereocenters. The van der Waals surface area contributed by atoms with Crippen LogP contribution in [0.25, 0.3) is 0 Å². The van der Waals surface area contributed by atoms with Crippen molar-refractivity contribution in [1.82, 2.24) is 9.78 Å². The van der Waals surface area contributed by atoms with Crippen molar-refractivity contribution in [3.05, 3.63) is 77.1 Å². The van der Waals surface area contributed by atoms with Gasteiger partial charge in [0.1, 0.15) is 23.9 Å². The van der Waals surface area contributed by atoms with E-state index in [1.807, 2.05) is 30.3 Å². The molecule has 1 N–H and O–H groups in total. The van der Waals surface area contributed by atoms with Gasteiger partial charge in [-0.1, -0.05) is 24.3 Å². The minimum absolute atomic E-state index is 0.101. The second-order valence-electron chi connectivity index (χ2n) is 5.46. The molecule has 1 aromatic heterocycles. The Morgan fingerprint density at radius 3 is 2.65 bits per heavy atom. The minimum atomic E-state index is -0.526. The van der Waals surface area contributed by atoms with Gasteiger partial charge in [-0.25, -0.2) is 0 Å². The van der Waals surface area contributed by atoms with Gasteiger partial charge in [0.2, 0.25) is 5.91 Å². The van der Waals surface area contributed by atoms with Gasteiger partial charge >= 0.3 is 5.69 Å². The van der Waals surface area contributed by atoms with Crippen LogP contribution in [-0.4, -0.2) is 20.6 Å². The van der Waals surface area contributed by atoms with Crippen molar-refractivity contribution >= 4 is 17.3 Å². The summed E-state index contributed by atoms with van der Waals surface area (Å²) in [7, 11) is 0. The molecule has 0 saturated carbocycles. The quantitative estimate of drug-likeness (QED) is 0.517. The summed E-state index contributed by atoms with van der Waals surface area (Å²) in [6.07, 6.45) is 2.59. The Bertz CT molecular complexity index is 908. The number of nitrogens with zero attached hydrogens (tertiary/aromatic N) is 3. The zero-order chi connectivity index (χ0) is 18.4. The molecular weight excluding hydrogens is 336 g/mol. The highest BCUT2D eigenvalue weighted by Crippen LogP contribution is 2.23. The first-order chi connectivity index (χ1) is 12.6. The maximum Gasteiger partial charge on any atom is 0.306 e. The number of ether oxygens (including phenoxy) is 1. The zero-order valence-corrected chi connectivity index (χ0v) is 13.7. The predicted molar refractivity (Wildman–Crippen MR) is 95.1 cm³/mol. The van der Waals surface area contributed by atoms with Gasteiger partial charge in [0.05, 0.1) is 4.92 Å². The van der Waals surface area contributed by atoms with Crippen LogP contribution in [-0.2, 0) is 11.3 Å².